The van der Waals surface area contributed by atoms with E-state index < -0.39 is 15.8 Å². The summed E-state index contributed by atoms with van der Waals surface area (Å²) in [4.78, 5) is 27.2. The van der Waals surface area contributed by atoms with E-state index in [1.54, 1.807) is 18.2 Å². The molecule has 0 radical (unpaired) electrons. The molecule has 0 saturated heterocycles. The molecule has 0 heterocycles. The average molecular weight is 566 g/mol. The first-order valence-corrected chi connectivity index (χ1v) is 15.2. The molecule has 0 N–H and O–H groups in total. The molecule has 204 valence electrons. The predicted molar refractivity (Wildman–Crippen MR) is 155 cm³/mol. The quantitative estimate of drug-likeness (QED) is 0.224. The fourth-order valence-electron chi connectivity index (χ4n) is 4.86. The summed E-state index contributed by atoms with van der Waals surface area (Å²) in [6.07, 6.45) is 9.22. The maximum absolute atomic E-state index is 13.7. The van der Waals surface area contributed by atoms with Crippen molar-refractivity contribution in [3.05, 3.63) is 89.0 Å². The van der Waals surface area contributed by atoms with Crippen LogP contribution in [0.2, 0.25) is 5.02 Å². The first-order valence-electron chi connectivity index (χ1n) is 12.9. The van der Waals surface area contributed by atoms with Gasteiger partial charge in [-0.15, -0.1) is 0 Å². The lowest BCUT2D eigenvalue weighted by atomic mass is 9.88. The smallest absolute Gasteiger partial charge is 0.330 e. The lowest BCUT2D eigenvalue weighted by Gasteiger charge is -2.30. The molecule has 6 nitrogen and oxygen atoms in total. The Morgan fingerprint density at radius 2 is 1.67 bits per heavy atom. The van der Waals surface area contributed by atoms with Crippen molar-refractivity contribution in [2.75, 3.05) is 18.3 Å². The molecule has 1 aliphatic carbocycles. The van der Waals surface area contributed by atoms with Crippen molar-refractivity contribution in [2.24, 2.45) is 5.92 Å². The maximum atomic E-state index is 13.7. The Labute approximate surface area is 235 Å². The number of nitrogens with zero attached hydrogens (tertiary/aromatic N) is 1. The number of hydrogen-bond acceptors (Lipinski definition) is 5. The van der Waals surface area contributed by atoms with Crippen LogP contribution >= 0.6 is 11.6 Å². The summed E-state index contributed by atoms with van der Waals surface area (Å²) in [6.45, 7) is 0.396. The van der Waals surface area contributed by atoms with Crippen LogP contribution in [0.15, 0.2) is 77.7 Å². The van der Waals surface area contributed by atoms with Crippen molar-refractivity contribution in [3.8, 4) is 11.1 Å². The normalized spacial score (nSPS) is 14.3. The summed E-state index contributed by atoms with van der Waals surface area (Å²) in [5, 5.41) is 0.185. The molecule has 0 bridgehead atoms. The van der Waals surface area contributed by atoms with Crippen molar-refractivity contribution < 1.29 is 22.7 Å². The van der Waals surface area contributed by atoms with E-state index in [1.807, 2.05) is 53.4 Å². The molecule has 0 aromatic heterocycles. The van der Waals surface area contributed by atoms with Crippen LogP contribution < -0.4 is 4.90 Å². The molecule has 0 atom stereocenters. The van der Waals surface area contributed by atoms with Gasteiger partial charge in [-0.2, -0.15) is 0 Å². The topological polar surface area (TPSA) is 80.8 Å². The minimum Gasteiger partial charge on any atom is -0.466 e. The number of sulfone groups is 1. The van der Waals surface area contributed by atoms with E-state index in [-0.39, 0.29) is 21.7 Å². The second-order valence-electron chi connectivity index (χ2n) is 9.83. The third kappa shape index (κ3) is 7.37. The highest BCUT2D eigenvalue weighted by molar-refractivity contribution is 7.90. The number of ether oxygens (including phenoxy) is 1. The van der Waals surface area contributed by atoms with Gasteiger partial charge in [-0.1, -0.05) is 73.3 Å². The molecule has 0 spiro atoms. The SMILES string of the molecule is COC(=O)/C=C/c1cccc(N(Cc2ccc(-c3ccc(S(C)(=O)=O)c(Cl)c3)cc2)C(=O)C2CCCCC2)c1. The summed E-state index contributed by atoms with van der Waals surface area (Å²) in [5.41, 5.74) is 4.21. The zero-order chi connectivity index (χ0) is 28.0. The molecule has 0 unspecified atom stereocenters. The number of carbonyl (C=O) groups is 2. The third-order valence-electron chi connectivity index (χ3n) is 6.97. The second kappa shape index (κ2) is 12.6. The molecule has 3 aromatic carbocycles. The highest BCUT2D eigenvalue weighted by atomic mass is 35.5. The summed E-state index contributed by atoms with van der Waals surface area (Å²) < 4.78 is 28.5. The lowest BCUT2D eigenvalue weighted by molar-refractivity contribution is -0.134. The number of amides is 1. The van der Waals surface area contributed by atoms with Gasteiger partial charge in [0, 0.05) is 23.9 Å². The largest absolute Gasteiger partial charge is 0.466 e. The lowest BCUT2D eigenvalue weighted by Crippen LogP contribution is -2.36. The van der Waals surface area contributed by atoms with Crippen LogP contribution in [0.25, 0.3) is 17.2 Å². The number of halogens is 1. The van der Waals surface area contributed by atoms with E-state index in [2.05, 4.69) is 0 Å². The molecule has 1 aliphatic rings. The molecule has 0 aliphatic heterocycles. The van der Waals surface area contributed by atoms with E-state index in [4.69, 9.17) is 16.3 Å². The Morgan fingerprint density at radius 1 is 0.974 bits per heavy atom. The van der Waals surface area contributed by atoms with Gasteiger partial charge >= 0.3 is 5.97 Å². The van der Waals surface area contributed by atoms with Crippen molar-refractivity contribution in [2.45, 2.75) is 43.5 Å². The highest BCUT2D eigenvalue weighted by Gasteiger charge is 2.27. The van der Waals surface area contributed by atoms with Gasteiger partial charge in [0.1, 0.15) is 0 Å². The zero-order valence-electron chi connectivity index (χ0n) is 22.1. The number of methoxy groups -OCH3 is 1. The van der Waals surface area contributed by atoms with E-state index in [0.29, 0.717) is 6.54 Å². The molecular weight excluding hydrogens is 534 g/mol. The van der Waals surface area contributed by atoms with Gasteiger partial charge in [-0.05, 0) is 65.4 Å². The van der Waals surface area contributed by atoms with Crippen molar-refractivity contribution >= 4 is 45.1 Å². The number of rotatable bonds is 8. The molecule has 1 amide bonds. The Bertz CT molecular complexity index is 1480. The molecule has 39 heavy (non-hydrogen) atoms. The molecule has 1 fully saturated rings. The van der Waals surface area contributed by atoms with Crippen molar-refractivity contribution in [3.63, 3.8) is 0 Å². The number of anilines is 1. The fourth-order valence-corrected chi connectivity index (χ4v) is 6.19. The van der Waals surface area contributed by atoms with E-state index in [9.17, 15) is 18.0 Å². The van der Waals surface area contributed by atoms with Gasteiger partial charge in [0.05, 0.1) is 23.6 Å². The van der Waals surface area contributed by atoms with E-state index in [0.717, 1.165) is 66.3 Å². The van der Waals surface area contributed by atoms with Gasteiger partial charge in [0.15, 0.2) is 9.84 Å². The third-order valence-corrected chi connectivity index (χ3v) is 8.55. The number of benzene rings is 3. The van der Waals surface area contributed by atoms with Gasteiger partial charge in [-0.25, -0.2) is 13.2 Å². The minimum atomic E-state index is -3.41. The summed E-state index contributed by atoms with van der Waals surface area (Å²) in [6, 6.07) is 20.3. The van der Waals surface area contributed by atoms with Gasteiger partial charge in [-0.3, -0.25) is 4.79 Å². The van der Waals surface area contributed by atoms with Gasteiger partial charge in [0.2, 0.25) is 5.91 Å². The Morgan fingerprint density at radius 3 is 2.31 bits per heavy atom. The van der Waals surface area contributed by atoms with E-state index in [1.165, 1.54) is 19.3 Å². The number of carbonyl (C=O) groups excluding carboxylic acids is 2. The molecule has 3 aromatic rings. The van der Waals surface area contributed by atoms with Crippen molar-refractivity contribution in [1.82, 2.24) is 0 Å². The molecule has 4 rings (SSSR count). The Hall–Kier alpha value is -3.42. The second-order valence-corrected chi connectivity index (χ2v) is 12.2. The van der Waals surface area contributed by atoms with Gasteiger partial charge in [0.25, 0.3) is 0 Å². The molecular formula is C31H32ClNO5S. The Kier molecular flexibility index (Phi) is 9.25. The predicted octanol–water partition coefficient (Wildman–Crippen LogP) is 6.71. The van der Waals surface area contributed by atoms with Crippen LogP contribution in [0, 0.1) is 5.92 Å². The van der Waals surface area contributed by atoms with Crippen molar-refractivity contribution in [1.29, 1.82) is 0 Å². The van der Waals surface area contributed by atoms with Crippen LogP contribution in [0.5, 0.6) is 0 Å². The minimum absolute atomic E-state index is 0.0113. The first-order chi connectivity index (χ1) is 18.7. The Balaban J connectivity index is 1.61. The number of esters is 1. The zero-order valence-corrected chi connectivity index (χ0v) is 23.7. The summed E-state index contributed by atoms with van der Waals surface area (Å²) in [7, 11) is -2.07. The summed E-state index contributed by atoms with van der Waals surface area (Å²) in [5.74, 6) is -0.346. The van der Waals surface area contributed by atoms with Crippen LogP contribution in [0.4, 0.5) is 5.69 Å². The van der Waals surface area contributed by atoms with Crippen LogP contribution in [-0.4, -0.2) is 33.7 Å². The monoisotopic (exact) mass is 565 g/mol. The van der Waals surface area contributed by atoms with Crippen LogP contribution in [0.1, 0.15) is 43.2 Å². The molecule has 8 heteroatoms. The highest BCUT2D eigenvalue weighted by Crippen LogP contribution is 2.31. The fraction of sp³-hybridized carbons (Fsp3) is 0.290. The van der Waals surface area contributed by atoms with Gasteiger partial charge < -0.3 is 9.64 Å². The van der Waals surface area contributed by atoms with Crippen LogP contribution in [0.3, 0.4) is 0 Å². The average Bonchev–Trinajstić information content (AvgIpc) is 2.94. The molecule has 1 saturated carbocycles. The first kappa shape index (κ1) is 28.6. The van der Waals surface area contributed by atoms with Crippen LogP contribution in [-0.2, 0) is 30.7 Å². The standard InChI is InChI=1S/C31H32ClNO5S/c1-38-30(34)18-13-22-7-6-10-27(19-22)33(31(35)25-8-4-3-5-9-25)21-23-11-14-24(15-12-23)26-16-17-29(28(32)20-26)39(2,36)37/h6-7,10-20,25H,3-5,8-9,21H2,1-2H3/b18-13+. The summed E-state index contributed by atoms with van der Waals surface area (Å²) >= 11 is 6.25. The van der Waals surface area contributed by atoms with E-state index >= 15 is 0 Å². The number of hydrogen-bond donors (Lipinski definition) is 0. The maximum Gasteiger partial charge on any atom is 0.330 e.